The van der Waals surface area contributed by atoms with Gasteiger partial charge in [0.2, 0.25) is 0 Å². The lowest BCUT2D eigenvalue weighted by Crippen LogP contribution is -2.40. The molecule has 1 amide bonds. The highest BCUT2D eigenvalue weighted by molar-refractivity contribution is 5.94. The van der Waals surface area contributed by atoms with Gasteiger partial charge in [-0.05, 0) is 37.3 Å². The van der Waals surface area contributed by atoms with Gasteiger partial charge in [0.25, 0.3) is 5.91 Å². The summed E-state index contributed by atoms with van der Waals surface area (Å²) in [6.07, 6.45) is 4.38. The Labute approximate surface area is 107 Å². The maximum absolute atomic E-state index is 12.2. The van der Waals surface area contributed by atoms with E-state index in [1.807, 2.05) is 4.90 Å². The van der Waals surface area contributed by atoms with Crippen LogP contribution in [0.3, 0.4) is 0 Å². The molecule has 1 aromatic rings. The molecule has 0 radical (unpaired) electrons. The lowest BCUT2D eigenvalue weighted by atomic mass is 9.95. The number of amides is 1. The molecule has 0 bridgehead atoms. The molecule has 1 saturated heterocycles. The molecule has 1 aliphatic heterocycles. The van der Waals surface area contributed by atoms with Gasteiger partial charge in [0, 0.05) is 25.9 Å². The molecule has 3 N–H and O–H groups in total. The first-order valence-corrected chi connectivity index (χ1v) is 6.32. The number of nitrogens with two attached hydrogens (primary N) is 1. The average Bonchev–Trinajstić information content (AvgIpc) is 2.39. The molecule has 2 heterocycles. The van der Waals surface area contributed by atoms with E-state index in [0.29, 0.717) is 17.3 Å². The molecular weight excluding hydrogens is 230 g/mol. The largest absolute Gasteiger partial charge is 0.396 e. The highest BCUT2D eigenvalue weighted by Gasteiger charge is 2.24. The molecule has 2 rings (SSSR count). The number of nitrogen functional groups attached to an aromatic ring is 1. The topological polar surface area (TPSA) is 79.5 Å². The third-order valence-electron chi connectivity index (χ3n) is 3.38. The van der Waals surface area contributed by atoms with Crippen LogP contribution in [0.2, 0.25) is 0 Å². The molecule has 0 aliphatic carbocycles. The summed E-state index contributed by atoms with van der Waals surface area (Å²) in [6.45, 7) is 1.70. The van der Waals surface area contributed by atoms with Crippen LogP contribution in [0, 0.1) is 5.92 Å². The number of hydrogen-bond donors (Lipinski definition) is 2. The first kappa shape index (κ1) is 12.8. The van der Waals surface area contributed by atoms with Crippen molar-refractivity contribution in [1.82, 2.24) is 9.88 Å². The minimum absolute atomic E-state index is 0.00476. The molecule has 1 aromatic heterocycles. The van der Waals surface area contributed by atoms with Gasteiger partial charge in [-0.3, -0.25) is 4.79 Å². The normalized spacial score (nSPS) is 19.8. The Balaban J connectivity index is 2.02. The maximum atomic E-state index is 12.2. The van der Waals surface area contributed by atoms with Crippen molar-refractivity contribution in [2.24, 2.45) is 5.92 Å². The van der Waals surface area contributed by atoms with Crippen molar-refractivity contribution < 1.29 is 9.90 Å². The number of anilines is 1. The van der Waals surface area contributed by atoms with E-state index >= 15 is 0 Å². The Morgan fingerprint density at radius 1 is 1.56 bits per heavy atom. The third-order valence-corrected chi connectivity index (χ3v) is 3.38. The van der Waals surface area contributed by atoms with Gasteiger partial charge in [-0.1, -0.05) is 0 Å². The molecule has 0 spiro atoms. The van der Waals surface area contributed by atoms with Crippen LogP contribution in [-0.4, -0.2) is 40.6 Å². The molecule has 1 unspecified atom stereocenters. The summed E-state index contributed by atoms with van der Waals surface area (Å²) in [5.41, 5.74) is 6.08. The fourth-order valence-corrected chi connectivity index (χ4v) is 2.38. The number of aromatic nitrogens is 1. The van der Waals surface area contributed by atoms with Crippen LogP contribution in [-0.2, 0) is 0 Å². The van der Waals surface area contributed by atoms with Gasteiger partial charge >= 0.3 is 0 Å². The molecule has 0 aromatic carbocycles. The van der Waals surface area contributed by atoms with E-state index in [9.17, 15) is 4.79 Å². The second-order valence-corrected chi connectivity index (χ2v) is 4.74. The first-order valence-electron chi connectivity index (χ1n) is 6.32. The number of likely N-dealkylation sites (tertiary alicyclic amines) is 1. The number of carbonyl (C=O) groups is 1. The zero-order valence-corrected chi connectivity index (χ0v) is 10.4. The van der Waals surface area contributed by atoms with Crippen molar-refractivity contribution in [3.05, 3.63) is 23.9 Å². The summed E-state index contributed by atoms with van der Waals surface area (Å²) >= 11 is 0. The lowest BCUT2D eigenvalue weighted by molar-refractivity contribution is 0.0653. The zero-order valence-electron chi connectivity index (χ0n) is 10.4. The van der Waals surface area contributed by atoms with Crippen LogP contribution < -0.4 is 5.73 Å². The quantitative estimate of drug-likeness (QED) is 0.834. The average molecular weight is 249 g/mol. The summed E-state index contributed by atoms with van der Waals surface area (Å²) in [6, 6.07) is 3.35. The van der Waals surface area contributed by atoms with Gasteiger partial charge in [0.15, 0.2) is 0 Å². The molecule has 1 aliphatic rings. The maximum Gasteiger partial charge on any atom is 0.255 e. The van der Waals surface area contributed by atoms with E-state index in [-0.39, 0.29) is 12.5 Å². The van der Waals surface area contributed by atoms with E-state index in [2.05, 4.69) is 4.98 Å². The third kappa shape index (κ3) is 2.98. The molecule has 5 nitrogen and oxygen atoms in total. The van der Waals surface area contributed by atoms with Gasteiger partial charge in [-0.2, -0.15) is 0 Å². The van der Waals surface area contributed by atoms with E-state index in [0.717, 1.165) is 32.4 Å². The number of piperidine rings is 1. The van der Waals surface area contributed by atoms with Crippen molar-refractivity contribution in [3.63, 3.8) is 0 Å². The number of pyridine rings is 1. The number of nitrogens with zero attached hydrogens (tertiary/aromatic N) is 2. The van der Waals surface area contributed by atoms with Crippen molar-refractivity contribution in [2.45, 2.75) is 19.3 Å². The summed E-state index contributed by atoms with van der Waals surface area (Å²) in [5.74, 6) is 0.836. The summed E-state index contributed by atoms with van der Waals surface area (Å²) in [4.78, 5) is 18.0. The van der Waals surface area contributed by atoms with Crippen LogP contribution in [0.15, 0.2) is 18.3 Å². The number of rotatable bonds is 3. The Hall–Kier alpha value is -1.62. The van der Waals surface area contributed by atoms with E-state index in [1.165, 1.54) is 6.20 Å². The summed E-state index contributed by atoms with van der Waals surface area (Å²) in [5, 5.41) is 8.96. The van der Waals surface area contributed by atoms with Crippen LogP contribution in [0.25, 0.3) is 0 Å². The molecular formula is C13H19N3O2. The van der Waals surface area contributed by atoms with Gasteiger partial charge in [-0.15, -0.1) is 0 Å². The second-order valence-electron chi connectivity index (χ2n) is 4.74. The van der Waals surface area contributed by atoms with Crippen LogP contribution >= 0.6 is 0 Å². The van der Waals surface area contributed by atoms with Gasteiger partial charge in [0.05, 0.1) is 5.56 Å². The molecule has 1 atom stereocenters. The van der Waals surface area contributed by atoms with Crippen molar-refractivity contribution in [2.75, 3.05) is 25.4 Å². The van der Waals surface area contributed by atoms with Crippen molar-refractivity contribution in [1.29, 1.82) is 0 Å². The predicted molar refractivity (Wildman–Crippen MR) is 69.0 cm³/mol. The van der Waals surface area contributed by atoms with Crippen LogP contribution in [0.5, 0.6) is 0 Å². The second kappa shape index (κ2) is 5.82. The van der Waals surface area contributed by atoms with Gasteiger partial charge in [-0.25, -0.2) is 4.98 Å². The molecule has 1 fully saturated rings. The standard InChI is InChI=1S/C13H19N3O2/c14-12-4-3-11(8-15-12)13(18)16-6-1-2-10(9-16)5-7-17/h3-4,8,10,17H,1-2,5-7,9H2,(H2,14,15). The van der Waals surface area contributed by atoms with E-state index in [1.54, 1.807) is 12.1 Å². The van der Waals surface area contributed by atoms with Gasteiger partial charge < -0.3 is 15.7 Å². The highest BCUT2D eigenvalue weighted by Crippen LogP contribution is 2.20. The molecule has 0 saturated carbocycles. The Morgan fingerprint density at radius 3 is 3.06 bits per heavy atom. The minimum atomic E-state index is 0.00476. The SMILES string of the molecule is Nc1ccc(C(=O)N2CCCC(CCO)C2)cn1. The van der Waals surface area contributed by atoms with Crippen molar-refractivity contribution in [3.8, 4) is 0 Å². The van der Waals surface area contributed by atoms with Crippen LogP contribution in [0.4, 0.5) is 5.82 Å². The molecule has 5 heteroatoms. The van der Waals surface area contributed by atoms with Crippen LogP contribution in [0.1, 0.15) is 29.6 Å². The number of aliphatic hydroxyl groups excluding tert-OH is 1. The zero-order chi connectivity index (χ0) is 13.0. The number of aliphatic hydroxyl groups is 1. The summed E-state index contributed by atoms with van der Waals surface area (Å²) in [7, 11) is 0. The Morgan fingerprint density at radius 2 is 2.39 bits per heavy atom. The van der Waals surface area contributed by atoms with E-state index < -0.39 is 0 Å². The lowest BCUT2D eigenvalue weighted by Gasteiger charge is -2.32. The monoisotopic (exact) mass is 249 g/mol. The minimum Gasteiger partial charge on any atom is -0.396 e. The highest BCUT2D eigenvalue weighted by atomic mass is 16.3. The number of carbonyl (C=O) groups excluding carboxylic acids is 1. The molecule has 18 heavy (non-hydrogen) atoms. The smallest absolute Gasteiger partial charge is 0.255 e. The van der Waals surface area contributed by atoms with Crippen molar-refractivity contribution >= 4 is 11.7 Å². The van der Waals surface area contributed by atoms with E-state index in [4.69, 9.17) is 10.8 Å². The fourth-order valence-electron chi connectivity index (χ4n) is 2.38. The molecule has 98 valence electrons. The first-order chi connectivity index (χ1) is 8.70. The Kier molecular flexibility index (Phi) is 4.15. The summed E-state index contributed by atoms with van der Waals surface area (Å²) < 4.78 is 0. The fraction of sp³-hybridized carbons (Fsp3) is 0.538. The number of hydrogen-bond acceptors (Lipinski definition) is 4. The Bertz CT molecular complexity index is 403. The van der Waals surface area contributed by atoms with Gasteiger partial charge in [0.1, 0.15) is 5.82 Å². The predicted octanol–water partition coefficient (Wildman–Crippen LogP) is 0.898.